The van der Waals surface area contributed by atoms with Gasteiger partial charge in [-0.2, -0.15) is 0 Å². The third-order valence-corrected chi connectivity index (χ3v) is 4.27. The molecule has 0 bridgehead atoms. The summed E-state index contributed by atoms with van der Waals surface area (Å²) >= 11 is 0. The number of nitrogens with two attached hydrogens (primary N) is 1. The van der Waals surface area contributed by atoms with Crippen LogP contribution in [0.1, 0.15) is 35.1 Å². The highest BCUT2D eigenvalue weighted by Crippen LogP contribution is 2.54. The van der Waals surface area contributed by atoms with E-state index in [9.17, 15) is 0 Å². The predicted molar refractivity (Wildman–Crippen MR) is 81.9 cm³/mol. The van der Waals surface area contributed by atoms with E-state index < -0.39 is 0 Å². The van der Waals surface area contributed by atoms with Crippen LogP contribution in [0.15, 0.2) is 48.5 Å². The fraction of sp³-hybridized carbons (Fsp3) is 0.333. The molecule has 2 aromatic rings. The summed E-state index contributed by atoms with van der Waals surface area (Å²) in [6.45, 7) is 2.09. The third kappa shape index (κ3) is 2.44. The highest BCUT2D eigenvalue weighted by Gasteiger charge is 2.43. The van der Waals surface area contributed by atoms with Gasteiger partial charge in [0.2, 0.25) is 0 Å². The van der Waals surface area contributed by atoms with Crippen molar-refractivity contribution in [1.82, 2.24) is 0 Å². The molecule has 0 saturated heterocycles. The van der Waals surface area contributed by atoms with Crippen molar-refractivity contribution in [2.45, 2.75) is 25.3 Å². The molecule has 1 saturated carbocycles. The van der Waals surface area contributed by atoms with Crippen LogP contribution in [-0.4, -0.2) is 7.11 Å². The van der Waals surface area contributed by atoms with Crippen LogP contribution in [0.4, 0.5) is 0 Å². The summed E-state index contributed by atoms with van der Waals surface area (Å²) in [5, 5.41) is 0. The second-order valence-electron chi connectivity index (χ2n) is 5.69. The molecule has 0 heterocycles. The van der Waals surface area contributed by atoms with Crippen LogP contribution in [-0.2, 0) is 0 Å². The van der Waals surface area contributed by atoms with Gasteiger partial charge in [0, 0.05) is 11.6 Å². The summed E-state index contributed by atoms with van der Waals surface area (Å²) in [7, 11) is 1.71. The molecule has 0 aliphatic heterocycles. The van der Waals surface area contributed by atoms with Crippen molar-refractivity contribution in [3.05, 3.63) is 65.2 Å². The van der Waals surface area contributed by atoms with Crippen LogP contribution < -0.4 is 10.5 Å². The van der Waals surface area contributed by atoms with Gasteiger partial charge in [0.25, 0.3) is 0 Å². The van der Waals surface area contributed by atoms with Crippen molar-refractivity contribution in [3.8, 4) is 5.75 Å². The maximum Gasteiger partial charge on any atom is 0.123 e. The summed E-state index contributed by atoms with van der Waals surface area (Å²) in [4.78, 5) is 0. The Morgan fingerprint density at radius 1 is 1.15 bits per heavy atom. The molecule has 0 amide bonds. The van der Waals surface area contributed by atoms with E-state index >= 15 is 0 Å². The number of methoxy groups -OCH3 is 1. The number of hydrogen-bond donors (Lipinski definition) is 1. The zero-order chi connectivity index (χ0) is 14.1. The summed E-state index contributed by atoms with van der Waals surface area (Å²) < 4.78 is 5.46. The molecule has 2 nitrogen and oxygen atoms in total. The van der Waals surface area contributed by atoms with Crippen molar-refractivity contribution < 1.29 is 4.74 Å². The van der Waals surface area contributed by atoms with Crippen molar-refractivity contribution in [2.75, 3.05) is 7.11 Å². The Labute approximate surface area is 120 Å². The summed E-state index contributed by atoms with van der Waals surface area (Å²) in [5.74, 6) is 2.02. The van der Waals surface area contributed by atoms with Crippen molar-refractivity contribution in [1.29, 1.82) is 0 Å². The topological polar surface area (TPSA) is 35.2 Å². The molecule has 0 spiro atoms. The molecule has 3 atom stereocenters. The zero-order valence-corrected chi connectivity index (χ0v) is 12.0. The number of hydrogen-bond acceptors (Lipinski definition) is 2. The highest BCUT2D eigenvalue weighted by molar-refractivity contribution is 5.41. The minimum Gasteiger partial charge on any atom is -0.496 e. The summed E-state index contributed by atoms with van der Waals surface area (Å²) in [6.07, 6.45) is 1.17. The van der Waals surface area contributed by atoms with E-state index in [-0.39, 0.29) is 6.04 Å². The van der Waals surface area contributed by atoms with Gasteiger partial charge in [-0.25, -0.2) is 0 Å². The summed E-state index contributed by atoms with van der Waals surface area (Å²) in [6, 6.07) is 17.0. The monoisotopic (exact) mass is 267 g/mol. The normalized spacial score (nSPS) is 22.4. The molecule has 1 fully saturated rings. The van der Waals surface area contributed by atoms with E-state index in [1.807, 2.05) is 6.07 Å². The Kier molecular flexibility index (Phi) is 3.49. The largest absolute Gasteiger partial charge is 0.496 e. The van der Waals surface area contributed by atoms with Gasteiger partial charge in [-0.15, -0.1) is 0 Å². The molecule has 1 aliphatic rings. The van der Waals surface area contributed by atoms with E-state index in [0.717, 1.165) is 11.3 Å². The van der Waals surface area contributed by atoms with Crippen LogP contribution >= 0.6 is 0 Å². The third-order valence-electron chi connectivity index (χ3n) is 4.27. The lowest BCUT2D eigenvalue weighted by Crippen LogP contribution is -2.15. The number of ether oxygens (including phenoxy) is 1. The van der Waals surface area contributed by atoms with Crippen molar-refractivity contribution >= 4 is 0 Å². The van der Waals surface area contributed by atoms with Gasteiger partial charge in [-0.05, 0) is 36.8 Å². The molecule has 0 aromatic heterocycles. The Balaban J connectivity index is 1.81. The van der Waals surface area contributed by atoms with E-state index in [1.165, 1.54) is 17.5 Å². The minimum absolute atomic E-state index is 0.0510. The molecule has 2 N–H and O–H groups in total. The van der Waals surface area contributed by atoms with E-state index in [0.29, 0.717) is 11.8 Å². The van der Waals surface area contributed by atoms with Crippen LogP contribution in [0, 0.1) is 12.8 Å². The lowest BCUT2D eigenvalue weighted by molar-refractivity contribution is 0.402. The van der Waals surface area contributed by atoms with Gasteiger partial charge in [-0.3, -0.25) is 0 Å². The molecular formula is C18H21NO. The quantitative estimate of drug-likeness (QED) is 0.914. The molecule has 3 unspecified atom stereocenters. The lowest BCUT2D eigenvalue weighted by atomic mass is 9.97. The average molecular weight is 267 g/mol. The van der Waals surface area contributed by atoms with Crippen LogP contribution in [0.5, 0.6) is 5.75 Å². The van der Waals surface area contributed by atoms with Crippen LogP contribution in [0.3, 0.4) is 0 Å². The first kappa shape index (κ1) is 13.2. The highest BCUT2D eigenvalue weighted by atomic mass is 16.5. The molecule has 1 aliphatic carbocycles. The average Bonchev–Trinajstić information content (AvgIpc) is 3.28. The SMILES string of the molecule is COc1ccc(C)cc1C(N)C1CC1c1ccccc1. The molecule has 2 heteroatoms. The second-order valence-corrected chi connectivity index (χ2v) is 5.69. The van der Waals surface area contributed by atoms with Gasteiger partial charge in [0.05, 0.1) is 7.11 Å². The lowest BCUT2D eigenvalue weighted by Gasteiger charge is -2.16. The predicted octanol–water partition coefficient (Wildman–Crippen LogP) is 3.81. The van der Waals surface area contributed by atoms with Gasteiger partial charge >= 0.3 is 0 Å². The molecule has 0 radical (unpaired) electrons. The van der Waals surface area contributed by atoms with Gasteiger partial charge in [0.1, 0.15) is 5.75 Å². The van der Waals surface area contributed by atoms with Crippen molar-refractivity contribution in [3.63, 3.8) is 0 Å². The maximum atomic E-state index is 6.49. The fourth-order valence-corrected chi connectivity index (χ4v) is 3.04. The summed E-state index contributed by atoms with van der Waals surface area (Å²) in [5.41, 5.74) is 10.3. The first-order valence-electron chi connectivity index (χ1n) is 7.15. The maximum absolute atomic E-state index is 6.49. The second kappa shape index (κ2) is 5.29. The van der Waals surface area contributed by atoms with E-state index in [1.54, 1.807) is 7.11 Å². The standard InChI is InChI=1S/C18H21NO/c1-12-8-9-17(20-2)16(10-12)18(19)15-11-14(15)13-6-4-3-5-7-13/h3-10,14-15,18H,11,19H2,1-2H3. The molecule has 20 heavy (non-hydrogen) atoms. The van der Waals surface area contributed by atoms with Gasteiger partial charge in [0.15, 0.2) is 0 Å². The number of benzene rings is 2. The number of aryl methyl sites for hydroxylation is 1. The molecular weight excluding hydrogens is 246 g/mol. The Morgan fingerprint density at radius 3 is 2.60 bits per heavy atom. The minimum atomic E-state index is 0.0510. The number of rotatable bonds is 4. The smallest absolute Gasteiger partial charge is 0.123 e. The van der Waals surface area contributed by atoms with Gasteiger partial charge < -0.3 is 10.5 Å². The first-order chi connectivity index (χ1) is 9.70. The van der Waals surface area contributed by atoms with Crippen LogP contribution in [0.2, 0.25) is 0 Å². The Bertz CT molecular complexity index is 594. The Hall–Kier alpha value is -1.80. The molecule has 2 aromatic carbocycles. The molecule has 104 valence electrons. The first-order valence-corrected chi connectivity index (χ1v) is 7.15. The van der Waals surface area contributed by atoms with Gasteiger partial charge in [-0.1, -0.05) is 48.0 Å². The fourth-order valence-electron chi connectivity index (χ4n) is 3.04. The molecule has 3 rings (SSSR count). The van der Waals surface area contributed by atoms with Crippen LogP contribution in [0.25, 0.3) is 0 Å². The van der Waals surface area contributed by atoms with Crippen molar-refractivity contribution in [2.24, 2.45) is 11.7 Å². The van der Waals surface area contributed by atoms with E-state index in [4.69, 9.17) is 10.5 Å². The zero-order valence-electron chi connectivity index (χ0n) is 12.0. The Morgan fingerprint density at radius 2 is 1.90 bits per heavy atom. The van der Waals surface area contributed by atoms with E-state index in [2.05, 4.69) is 49.4 Å².